The van der Waals surface area contributed by atoms with Gasteiger partial charge in [0, 0.05) is 36.1 Å². The maximum atomic E-state index is 13.4. The molecule has 3 atom stereocenters. The van der Waals surface area contributed by atoms with Crippen LogP contribution >= 0.6 is 24.0 Å². The molecule has 1 aromatic carbocycles. The summed E-state index contributed by atoms with van der Waals surface area (Å²) in [5.41, 5.74) is 0.372. The van der Waals surface area contributed by atoms with E-state index in [0.29, 0.717) is 22.8 Å². The van der Waals surface area contributed by atoms with E-state index in [2.05, 4.69) is 42.6 Å². The zero-order valence-corrected chi connectivity index (χ0v) is 25.7. The molecule has 0 aromatic heterocycles. The Kier molecular flexibility index (Phi) is 12.8. The van der Waals surface area contributed by atoms with Gasteiger partial charge in [0.2, 0.25) is 0 Å². The van der Waals surface area contributed by atoms with Crippen LogP contribution in [0.2, 0.25) is 0 Å². The number of hydrogen-bond acceptors (Lipinski definition) is 5. The molecule has 0 bridgehead atoms. The number of halogens is 4. The number of alkyl halides is 4. The molecule has 0 aliphatic carbocycles. The number of rotatable bonds is 13. The Labute approximate surface area is 246 Å². The van der Waals surface area contributed by atoms with Gasteiger partial charge in [-0.2, -0.15) is 17.6 Å². The Bertz CT molecular complexity index is 975. The van der Waals surface area contributed by atoms with Crippen molar-refractivity contribution in [2.24, 2.45) is 16.8 Å². The van der Waals surface area contributed by atoms with Crippen molar-refractivity contribution in [1.82, 2.24) is 9.80 Å². The predicted molar refractivity (Wildman–Crippen MR) is 162 cm³/mol. The molecule has 2 saturated heterocycles. The first kappa shape index (κ1) is 32.9. The minimum absolute atomic E-state index is 0.0930. The number of amidine groups is 1. The molecule has 3 unspecified atom stereocenters. The van der Waals surface area contributed by atoms with Crippen LogP contribution in [0.5, 0.6) is 5.75 Å². The van der Waals surface area contributed by atoms with Crippen molar-refractivity contribution in [2.75, 3.05) is 30.7 Å². The van der Waals surface area contributed by atoms with Crippen molar-refractivity contribution in [3.05, 3.63) is 24.3 Å². The number of nitrogens with zero attached hydrogens (tertiary/aromatic N) is 3. The van der Waals surface area contributed by atoms with Crippen LogP contribution < -0.4 is 10.1 Å². The summed E-state index contributed by atoms with van der Waals surface area (Å²) in [5.74, 6) is 1.75. The number of aliphatic imine (C=N–C) groups is 1. The number of benzene rings is 1. The summed E-state index contributed by atoms with van der Waals surface area (Å²) in [6, 6.07) is 6.11. The molecule has 0 amide bonds. The summed E-state index contributed by atoms with van der Waals surface area (Å²) in [6.07, 6.45) is 0.0141. The van der Waals surface area contributed by atoms with Gasteiger partial charge < -0.3 is 15.0 Å². The van der Waals surface area contributed by atoms with E-state index in [4.69, 9.17) is 17.2 Å². The quantitative estimate of drug-likeness (QED) is 0.181. The van der Waals surface area contributed by atoms with E-state index in [0.717, 1.165) is 42.6 Å². The first-order valence-corrected chi connectivity index (χ1v) is 15.9. The van der Waals surface area contributed by atoms with Gasteiger partial charge >= 0.3 is 12.5 Å². The number of thiocarbonyl (C=S) groups is 1. The second-order valence-electron chi connectivity index (χ2n) is 10.9. The molecular formula is C29H44F4N4OS2. The van der Waals surface area contributed by atoms with Gasteiger partial charge in [-0.15, -0.1) is 0 Å². The Morgan fingerprint density at radius 2 is 1.93 bits per heavy atom. The monoisotopic (exact) mass is 604 g/mol. The molecule has 5 nitrogen and oxygen atoms in total. The van der Waals surface area contributed by atoms with Gasteiger partial charge in [0.25, 0.3) is 0 Å². The zero-order chi connectivity index (χ0) is 29.3. The topological polar surface area (TPSA) is 40.1 Å². The normalized spacial score (nSPS) is 21.7. The average Bonchev–Trinajstić information content (AvgIpc) is 3.29. The van der Waals surface area contributed by atoms with E-state index in [1.54, 1.807) is 17.8 Å². The SMILES string of the molecule is CCCC1CCN(C(CCC)C(CC)C/N=C2\SCC(C)N2C(=S)Nc2cccc(OC(F)(F)C(F)F)c2)CC1. The first-order valence-electron chi connectivity index (χ1n) is 14.6. The van der Waals surface area contributed by atoms with Crippen LogP contribution in [0.15, 0.2) is 29.3 Å². The number of thioether (sulfide) groups is 1. The lowest BCUT2D eigenvalue weighted by Gasteiger charge is -2.41. The maximum absolute atomic E-state index is 13.4. The van der Waals surface area contributed by atoms with Gasteiger partial charge in [-0.05, 0) is 75.5 Å². The molecule has 1 aromatic rings. The Hall–Kier alpha value is -1.59. The first-order chi connectivity index (χ1) is 19.1. The fourth-order valence-corrected chi connectivity index (χ4v) is 7.23. The van der Waals surface area contributed by atoms with Gasteiger partial charge in [-0.25, -0.2) is 0 Å². The third-order valence-electron chi connectivity index (χ3n) is 7.84. The summed E-state index contributed by atoms with van der Waals surface area (Å²) in [7, 11) is 0. The van der Waals surface area contributed by atoms with E-state index in [1.807, 2.05) is 4.90 Å². The van der Waals surface area contributed by atoms with Crippen LogP contribution in [0, 0.1) is 11.8 Å². The fraction of sp³-hybridized carbons (Fsp3) is 0.724. The largest absolute Gasteiger partial charge is 0.461 e. The van der Waals surface area contributed by atoms with Crippen LogP contribution in [-0.2, 0) is 0 Å². The zero-order valence-electron chi connectivity index (χ0n) is 24.1. The lowest BCUT2D eigenvalue weighted by Crippen LogP contribution is -2.46. The van der Waals surface area contributed by atoms with Crippen molar-refractivity contribution in [3.8, 4) is 5.75 Å². The summed E-state index contributed by atoms with van der Waals surface area (Å²) >= 11 is 7.34. The van der Waals surface area contributed by atoms with Crippen LogP contribution in [0.25, 0.3) is 0 Å². The minimum atomic E-state index is -4.57. The minimum Gasteiger partial charge on any atom is -0.428 e. The lowest BCUT2D eigenvalue weighted by molar-refractivity contribution is -0.253. The number of anilines is 1. The molecule has 0 spiro atoms. The molecule has 226 valence electrons. The Morgan fingerprint density at radius 1 is 1.20 bits per heavy atom. The van der Waals surface area contributed by atoms with Gasteiger partial charge in [0.1, 0.15) is 5.75 Å². The number of piperidine rings is 1. The van der Waals surface area contributed by atoms with E-state index >= 15 is 0 Å². The molecule has 2 heterocycles. The molecule has 2 aliphatic heterocycles. The number of nitrogens with one attached hydrogen (secondary N) is 1. The summed E-state index contributed by atoms with van der Waals surface area (Å²) in [6.45, 7) is 11.9. The third kappa shape index (κ3) is 8.95. The highest BCUT2D eigenvalue weighted by molar-refractivity contribution is 8.14. The molecule has 0 radical (unpaired) electrons. The van der Waals surface area contributed by atoms with E-state index in [9.17, 15) is 17.6 Å². The molecule has 3 rings (SSSR count). The van der Waals surface area contributed by atoms with Gasteiger partial charge in [0.15, 0.2) is 10.3 Å². The highest BCUT2D eigenvalue weighted by Crippen LogP contribution is 2.32. The number of likely N-dealkylation sites (tertiary alicyclic amines) is 1. The van der Waals surface area contributed by atoms with Crippen molar-refractivity contribution < 1.29 is 22.3 Å². The van der Waals surface area contributed by atoms with E-state index < -0.39 is 12.5 Å². The van der Waals surface area contributed by atoms with Crippen molar-refractivity contribution in [1.29, 1.82) is 0 Å². The average molecular weight is 605 g/mol. The van der Waals surface area contributed by atoms with E-state index in [-0.39, 0.29) is 11.8 Å². The number of ether oxygens (including phenoxy) is 1. The van der Waals surface area contributed by atoms with Crippen LogP contribution in [0.3, 0.4) is 0 Å². The van der Waals surface area contributed by atoms with E-state index in [1.165, 1.54) is 57.0 Å². The number of hydrogen-bond donors (Lipinski definition) is 1. The summed E-state index contributed by atoms with van der Waals surface area (Å²) in [4.78, 5) is 9.72. The third-order valence-corrected chi connectivity index (χ3v) is 9.37. The summed E-state index contributed by atoms with van der Waals surface area (Å²) < 4.78 is 56.1. The summed E-state index contributed by atoms with van der Waals surface area (Å²) in [5, 5.41) is 4.28. The maximum Gasteiger partial charge on any atom is 0.461 e. The van der Waals surface area contributed by atoms with Crippen LogP contribution in [0.4, 0.5) is 23.2 Å². The fourth-order valence-electron chi connectivity index (χ4n) is 5.67. The molecule has 0 saturated carbocycles. The van der Waals surface area contributed by atoms with Crippen molar-refractivity contribution in [2.45, 2.75) is 97.3 Å². The van der Waals surface area contributed by atoms with Crippen molar-refractivity contribution >= 4 is 39.9 Å². The Morgan fingerprint density at radius 3 is 2.55 bits per heavy atom. The lowest BCUT2D eigenvalue weighted by atomic mass is 9.87. The van der Waals surface area contributed by atoms with Gasteiger partial charge in [-0.1, -0.05) is 64.3 Å². The van der Waals surface area contributed by atoms with Crippen molar-refractivity contribution in [3.63, 3.8) is 0 Å². The standard InChI is InChI=1S/C29H44F4N4OS2/c1-5-9-21-13-15-36(16-14-21)25(10-6-2)22(7-3)18-34-28-37(20(4)19-40-28)27(39)35-23-11-8-12-24(17-23)38-29(32,33)26(30)31/h8,11-12,17,20-22,25-26H,5-7,9-10,13-16,18-19H2,1-4H3,(H,35,39)/b34-28-. The Balaban J connectivity index is 1.67. The van der Waals surface area contributed by atoms with Gasteiger partial charge in [-0.3, -0.25) is 9.89 Å². The highest BCUT2D eigenvalue weighted by atomic mass is 32.2. The molecule has 40 heavy (non-hydrogen) atoms. The second kappa shape index (κ2) is 15.6. The predicted octanol–water partition coefficient (Wildman–Crippen LogP) is 8.12. The van der Waals surface area contributed by atoms with Crippen LogP contribution in [0.1, 0.15) is 72.6 Å². The van der Waals surface area contributed by atoms with Gasteiger partial charge in [0.05, 0.1) is 0 Å². The molecule has 2 aliphatic rings. The molecule has 11 heteroatoms. The molecule has 1 N–H and O–H groups in total. The molecule has 2 fully saturated rings. The smallest absolute Gasteiger partial charge is 0.428 e. The molecular weight excluding hydrogens is 560 g/mol. The second-order valence-corrected chi connectivity index (χ2v) is 12.2. The highest BCUT2D eigenvalue weighted by Gasteiger charge is 2.44. The van der Waals surface area contributed by atoms with Crippen LogP contribution in [-0.4, -0.2) is 70.1 Å².